The van der Waals surface area contributed by atoms with E-state index in [0.29, 0.717) is 0 Å². The van der Waals surface area contributed by atoms with Crippen LogP contribution in [-0.4, -0.2) is 7.85 Å². The number of fused-ring (bicyclic) bond motifs is 3. The van der Waals surface area contributed by atoms with Gasteiger partial charge in [0, 0.05) is 0 Å². The summed E-state index contributed by atoms with van der Waals surface area (Å²) in [6, 6.07) is 28.4. The normalized spacial score (nSPS) is 11.0. The van der Waals surface area contributed by atoms with Crippen LogP contribution < -0.4 is 5.46 Å². The van der Waals surface area contributed by atoms with E-state index >= 15 is 0 Å². The average molecular weight is 266 g/mol. The summed E-state index contributed by atoms with van der Waals surface area (Å²) in [6.07, 6.45) is 0. The summed E-state index contributed by atoms with van der Waals surface area (Å²) in [5, 5.41) is 5.27. The Balaban J connectivity index is 2.06. The molecule has 0 fully saturated rings. The summed E-state index contributed by atoms with van der Waals surface area (Å²) < 4.78 is 0. The van der Waals surface area contributed by atoms with Gasteiger partial charge in [-0.25, -0.2) is 0 Å². The Morgan fingerprint density at radius 3 is 2.14 bits per heavy atom. The summed E-state index contributed by atoms with van der Waals surface area (Å²) in [5.74, 6) is 0. The van der Waals surface area contributed by atoms with Crippen LogP contribution in [0, 0.1) is 0 Å². The largest absolute Gasteiger partial charge is 0.139 e. The van der Waals surface area contributed by atoms with Crippen molar-refractivity contribution in [1.29, 1.82) is 0 Å². The topological polar surface area (TPSA) is 0 Å². The van der Waals surface area contributed by atoms with E-state index in [1.165, 1.54) is 38.1 Å². The van der Waals surface area contributed by atoms with E-state index in [1.54, 1.807) is 0 Å². The minimum atomic E-state index is 1.28. The van der Waals surface area contributed by atoms with Crippen molar-refractivity contribution in [2.45, 2.75) is 0 Å². The van der Waals surface area contributed by atoms with Crippen molar-refractivity contribution in [3.8, 4) is 11.1 Å². The van der Waals surface area contributed by atoms with Gasteiger partial charge in [0.15, 0.2) is 0 Å². The fourth-order valence-electron chi connectivity index (χ4n) is 3.03. The molecule has 0 aliphatic heterocycles. The zero-order valence-electron chi connectivity index (χ0n) is 12.0. The minimum Gasteiger partial charge on any atom is -0.0889 e. The molecule has 0 saturated heterocycles. The highest BCUT2D eigenvalue weighted by Crippen LogP contribution is 2.32. The molecule has 0 nitrogen and oxygen atoms in total. The smallest absolute Gasteiger partial charge is 0.0889 e. The lowest BCUT2D eigenvalue weighted by atomic mass is 9.91. The molecule has 0 aliphatic rings. The molecule has 0 N–H and O–H groups in total. The lowest BCUT2D eigenvalue weighted by molar-refractivity contribution is 1.68. The number of benzene rings is 4. The Bertz CT molecular complexity index is 937. The molecule has 0 saturated carbocycles. The van der Waals surface area contributed by atoms with Gasteiger partial charge in [-0.1, -0.05) is 84.3 Å². The molecule has 0 unspecified atom stereocenters. The van der Waals surface area contributed by atoms with Crippen LogP contribution in [0.3, 0.4) is 0 Å². The molecule has 0 atom stereocenters. The Morgan fingerprint density at radius 1 is 0.524 bits per heavy atom. The van der Waals surface area contributed by atoms with Gasteiger partial charge in [-0.3, -0.25) is 0 Å². The van der Waals surface area contributed by atoms with Gasteiger partial charge in [0.25, 0.3) is 0 Å². The first-order chi connectivity index (χ1) is 10.3. The molecular weight excluding hydrogens is 251 g/mol. The molecule has 0 amide bonds. The molecule has 98 valence electrons. The Hall–Kier alpha value is -2.54. The van der Waals surface area contributed by atoms with Crippen molar-refractivity contribution in [2.75, 3.05) is 0 Å². The lowest BCUT2D eigenvalue weighted by Crippen LogP contribution is -1.99. The third kappa shape index (κ3) is 2.02. The SMILES string of the molecule is Bc1ccc(-c2cccc3c2ccc2ccccc23)cc1. The molecule has 0 heterocycles. The van der Waals surface area contributed by atoms with Crippen LogP contribution in [0.5, 0.6) is 0 Å². The second-order valence-corrected chi connectivity index (χ2v) is 5.55. The van der Waals surface area contributed by atoms with Crippen LogP contribution in [0.2, 0.25) is 0 Å². The van der Waals surface area contributed by atoms with E-state index in [4.69, 9.17) is 0 Å². The molecule has 1 heteroatoms. The Morgan fingerprint density at radius 2 is 1.29 bits per heavy atom. The van der Waals surface area contributed by atoms with Crippen molar-refractivity contribution in [3.63, 3.8) is 0 Å². The number of hydrogen-bond donors (Lipinski definition) is 0. The summed E-state index contributed by atoms with van der Waals surface area (Å²) in [5.41, 5.74) is 3.88. The van der Waals surface area contributed by atoms with Crippen LogP contribution in [0.25, 0.3) is 32.7 Å². The van der Waals surface area contributed by atoms with Crippen LogP contribution in [0.1, 0.15) is 0 Å². The van der Waals surface area contributed by atoms with Gasteiger partial charge in [0.1, 0.15) is 7.85 Å². The minimum absolute atomic E-state index is 1.28. The third-order valence-corrected chi connectivity index (χ3v) is 4.15. The number of rotatable bonds is 1. The van der Waals surface area contributed by atoms with Crippen LogP contribution in [-0.2, 0) is 0 Å². The van der Waals surface area contributed by atoms with E-state index in [-0.39, 0.29) is 0 Å². The third-order valence-electron chi connectivity index (χ3n) is 4.15. The molecule has 4 rings (SSSR count). The Kier molecular flexibility index (Phi) is 2.78. The molecule has 0 bridgehead atoms. The van der Waals surface area contributed by atoms with Crippen LogP contribution in [0.4, 0.5) is 0 Å². The maximum Gasteiger partial charge on any atom is 0.139 e. The van der Waals surface area contributed by atoms with E-state index in [9.17, 15) is 0 Å². The quantitative estimate of drug-likeness (QED) is 0.362. The fraction of sp³-hybridized carbons (Fsp3) is 0. The lowest BCUT2D eigenvalue weighted by Gasteiger charge is -2.10. The maximum atomic E-state index is 2.24. The second kappa shape index (κ2) is 4.78. The van der Waals surface area contributed by atoms with Gasteiger partial charge < -0.3 is 0 Å². The van der Waals surface area contributed by atoms with E-state index in [0.717, 1.165) is 0 Å². The second-order valence-electron chi connectivity index (χ2n) is 5.55. The van der Waals surface area contributed by atoms with Crippen molar-refractivity contribution in [3.05, 3.63) is 78.9 Å². The summed E-state index contributed by atoms with van der Waals surface area (Å²) in [4.78, 5) is 0. The first-order valence-electron chi connectivity index (χ1n) is 7.30. The maximum absolute atomic E-state index is 2.24. The molecule has 4 aromatic carbocycles. The zero-order chi connectivity index (χ0) is 14.2. The van der Waals surface area contributed by atoms with Crippen LogP contribution >= 0.6 is 0 Å². The van der Waals surface area contributed by atoms with Crippen molar-refractivity contribution < 1.29 is 0 Å². The summed E-state index contributed by atoms with van der Waals surface area (Å²) >= 11 is 0. The average Bonchev–Trinajstić information content (AvgIpc) is 2.55. The van der Waals surface area contributed by atoms with Gasteiger partial charge in [-0.15, -0.1) is 0 Å². The molecule has 21 heavy (non-hydrogen) atoms. The molecular formula is C20H15B. The summed E-state index contributed by atoms with van der Waals surface area (Å²) in [7, 11) is 2.13. The Labute approximate surface area is 125 Å². The predicted octanol–water partition coefficient (Wildman–Crippen LogP) is 3.92. The molecule has 0 radical (unpaired) electrons. The molecule has 0 aromatic heterocycles. The van der Waals surface area contributed by atoms with E-state index < -0.39 is 0 Å². The van der Waals surface area contributed by atoms with E-state index in [1.807, 2.05) is 0 Å². The van der Waals surface area contributed by atoms with Gasteiger partial charge in [0.2, 0.25) is 0 Å². The predicted molar refractivity (Wildman–Crippen MR) is 95.1 cm³/mol. The molecule has 0 aliphatic carbocycles. The van der Waals surface area contributed by atoms with Gasteiger partial charge in [-0.2, -0.15) is 0 Å². The van der Waals surface area contributed by atoms with Gasteiger partial charge in [0.05, 0.1) is 0 Å². The zero-order valence-corrected chi connectivity index (χ0v) is 12.0. The monoisotopic (exact) mass is 266 g/mol. The number of hydrogen-bond acceptors (Lipinski definition) is 0. The fourth-order valence-corrected chi connectivity index (χ4v) is 3.03. The van der Waals surface area contributed by atoms with Gasteiger partial charge >= 0.3 is 0 Å². The molecule has 0 spiro atoms. The van der Waals surface area contributed by atoms with Crippen molar-refractivity contribution >= 4 is 34.9 Å². The van der Waals surface area contributed by atoms with E-state index in [2.05, 4.69) is 86.7 Å². The van der Waals surface area contributed by atoms with Gasteiger partial charge in [-0.05, 0) is 32.7 Å². The highest BCUT2D eigenvalue weighted by Gasteiger charge is 2.06. The summed E-state index contributed by atoms with van der Waals surface area (Å²) in [6.45, 7) is 0. The first kappa shape index (κ1) is 12.2. The van der Waals surface area contributed by atoms with Crippen molar-refractivity contribution in [1.82, 2.24) is 0 Å². The molecule has 4 aromatic rings. The highest BCUT2D eigenvalue weighted by atomic mass is 14.1. The highest BCUT2D eigenvalue weighted by molar-refractivity contribution is 6.32. The van der Waals surface area contributed by atoms with Crippen molar-refractivity contribution in [2.24, 2.45) is 0 Å². The van der Waals surface area contributed by atoms with Crippen LogP contribution in [0.15, 0.2) is 78.9 Å². The standard InChI is InChI=1S/C20H15B/c21-16-11-8-15(9-12-16)18-6-3-7-19-17-5-2-1-4-14(17)10-13-20(18)19/h1-13H,21H2. The first-order valence-corrected chi connectivity index (χ1v) is 7.30.